The third kappa shape index (κ3) is 3.68. The molecule has 134 valence electrons. The van der Waals surface area contributed by atoms with Crippen molar-refractivity contribution in [2.24, 2.45) is 5.92 Å². The molecule has 7 nitrogen and oxygen atoms in total. The highest BCUT2D eigenvalue weighted by atomic mass is 16.5. The highest BCUT2D eigenvalue weighted by Crippen LogP contribution is 2.22. The summed E-state index contributed by atoms with van der Waals surface area (Å²) in [6.45, 7) is 5.51. The first-order chi connectivity index (χ1) is 12.3. The Morgan fingerprint density at radius 2 is 2.16 bits per heavy atom. The number of nitrogens with one attached hydrogen (secondary N) is 2. The third-order valence-corrected chi connectivity index (χ3v) is 5.14. The van der Waals surface area contributed by atoms with Crippen molar-refractivity contribution in [3.05, 3.63) is 30.1 Å². The van der Waals surface area contributed by atoms with Gasteiger partial charge in [-0.2, -0.15) is 0 Å². The van der Waals surface area contributed by atoms with Crippen molar-refractivity contribution in [1.29, 1.82) is 0 Å². The molecule has 2 aromatic heterocycles. The number of carbonyl (C=O) groups is 1. The quantitative estimate of drug-likeness (QED) is 0.847. The van der Waals surface area contributed by atoms with Gasteiger partial charge >= 0.3 is 0 Å². The molecule has 2 atom stereocenters. The van der Waals surface area contributed by atoms with Crippen LogP contribution in [0.4, 0.5) is 0 Å². The van der Waals surface area contributed by atoms with Gasteiger partial charge in [0.1, 0.15) is 11.3 Å². The number of pyridine rings is 1. The largest absolute Gasteiger partial charge is 0.381 e. The second kappa shape index (κ2) is 7.51. The van der Waals surface area contributed by atoms with Gasteiger partial charge in [0.25, 0.3) is 5.91 Å². The maximum Gasteiger partial charge on any atom is 0.270 e. The van der Waals surface area contributed by atoms with Crippen LogP contribution < -0.4 is 5.32 Å². The van der Waals surface area contributed by atoms with Gasteiger partial charge in [-0.05, 0) is 24.6 Å². The summed E-state index contributed by atoms with van der Waals surface area (Å²) >= 11 is 0. The van der Waals surface area contributed by atoms with Crippen LogP contribution in [-0.2, 0) is 9.47 Å². The van der Waals surface area contributed by atoms with Crippen LogP contribution in [0.25, 0.3) is 11.0 Å². The average Bonchev–Trinajstić information content (AvgIpc) is 3.34. The Morgan fingerprint density at radius 1 is 1.28 bits per heavy atom. The molecule has 2 fully saturated rings. The molecule has 7 heteroatoms. The van der Waals surface area contributed by atoms with Crippen molar-refractivity contribution < 1.29 is 14.3 Å². The van der Waals surface area contributed by atoms with E-state index >= 15 is 0 Å². The molecule has 2 saturated heterocycles. The second-order valence-electron chi connectivity index (χ2n) is 6.66. The summed E-state index contributed by atoms with van der Waals surface area (Å²) in [6, 6.07) is 5.91. The number of rotatable bonds is 5. The van der Waals surface area contributed by atoms with E-state index < -0.39 is 0 Å². The molecule has 2 N–H and O–H groups in total. The lowest BCUT2D eigenvalue weighted by Gasteiger charge is -2.37. The van der Waals surface area contributed by atoms with Gasteiger partial charge in [0.05, 0.1) is 19.8 Å². The van der Waals surface area contributed by atoms with Gasteiger partial charge in [0.2, 0.25) is 0 Å². The van der Waals surface area contributed by atoms with Crippen molar-refractivity contribution in [1.82, 2.24) is 20.2 Å². The number of aromatic nitrogens is 2. The first-order valence-corrected chi connectivity index (χ1v) is 8.93. The number of hydrogen-bond acceptors (Lipinski definition) is 5. The van der Waals surface area contributed by atoms with Gasteiger partial charge in [-0.3, -0.25) is 9.69 Å². The summed E-state index contributed by atoms with van der Waals surface area (Å²) < 4.78 is 11.0. The zero-order valence-electron chi connectivity index (χ0n) is 14.2. The molecule has 0 unspecified atom stereocenters. The molecule has 0 spiro atoms. The molecule has 0 radical (unpaired) electrons. The summed E-state index contributed by atoms with van der Waals surface area (Å²) in [4.78, 5) is 22.4. The molecule has 4 heterocycles. The first-order valence-electron chi connectivity index (χ1n) is 8.93. The molecule has 0 saturated carbocycles. The van der Waals surface area contributed by atoms with Crippen LogP contribution in [0.5, 0.6) is 0 Å². The van der Waals surface area contributed by atoms with Crippen LogP contribution in [-0.4, -0.2) is 72.9 Å². The molecule has 1 amide bonds. The van der Waals surface area contributed by atoms with E-state index in [9.17, 15) is 4.79 Å². The smallest absolute Gasteiger partial charge is 0.270 e. The number of H-pyrrole nitrogens is 1. The van der Waals surface area contributed by atoms with Crippen LogP contribution in [0.3, 0.4) is 0 Å². The SMILES string of the molecule is O=C(NC[C@H]([C@H]1CCOC1)N1CCOCC1)c1ccc2cc[nH]c2n1. The summed E-state index contributed by atoms with van der Waals surface area (Å²) in [6.07, 6.45) is 2.87. The number of morpholine rings is 1. The highest BCUT2D eigenvalue weighted by molar-refractivity contribution is 5.94. The van der Waals surface area contributed by atoms with Crippen molar-refractivity contribution in [3.63, 3.8) is 0 Å². The van der Waals surface area contributed by atoms with Gasteiger partial charge in [0, 0.05) is 49.8 Å². The number of aromatic amines is 1. The van der Waals surface area contributed by atoms with Gasteiger partial charge in [0.15, 0.2) is 0 Å². The Morgan fingerprint density at radius 3 is 2.96 bits per heavy atom. The van der Waals surface area contributed by atoms with E-state index in [2.05, 4.69) is 20.2 Å². The minimum atomic E-state index is -0.131. The number of ether oxygens (including phenoxy) is 2. The lowest BCUT2D eigenvalue weighted by Crippen LogP contribution is -2.52. The monoisotopic (exact) mass is 344 g/mol. The van der Waals surface area contributed by atoms with E-state index in [4.69, 9.17) is 9.47 Å². The van der Waals surface area contributed by atoms with Crippen molar-refractivity contribution in [3.8, 4) is 0 Å². The summed E-state index contributed by atoms with van der Waals surface area (Å²) in [7, 11) is 0. The number of hydrogen-bond donors (Lipinski definition) is 2. The fourth-order valence-corrected chi connectivity index (χ4v) is 3.70. The Bertz CT molecular complexity index is 720. The van der Waals surface area contributed by atoms with E-state index in [1.807, 2.05) is 18.3 Å². The van der Waals surface area contributed by atoms with Gasteiger partial charge in [-0.15, -0.1) is 0 Å². The van der Waals surface area contributed by atoms with Gasteiger partial charge in [-0.25, -0.2) is 4.98 Å². The Labute approximate surface area is 146 Å². The Balaban J connectivity index is 1.43. The zero-order valence-corrected chi connectivity index (χ0v) is 14.2. The molecule has 2 aliphatic heterocycles. The van der Waals surface area contributed by atoms with E-state index in [1.165, 1.54) is 0 Å². The molecule has 2 aromatic rings. The fourth-order valence-electron chi connectivity index (χ4n) is 3.70. The lowest BCUT2D eigenvalue weighted by molar-refractivity contribution is 0.00165. The third-order valence-electron chi connectivity index (χ3n) is 5.14. The standard InChI is InChI=1S/C18H24N4O3/c23-18(15-2-1-13-3-5-19-17(13)21-15)20-11-16(14-4-8-25-12-14)22-6-9-24-10-7-22/h1-3,5,14,16H,4,6-12H2,(H,19,21)(H,20,23)/t14-,16+/m0/s1. The minimum Gasteiger partial charge on any atom is -0.381 e. The minimum absolute atomic E-state index is 0.131. The van der Waals surface area contributed by atoms with E-state index in [0.717, 1.165) is 57.0 Å². The number of nitrogens with zero attached hydrogens (tertiary/aromatic N) is 2. The summed E-state index contributed by atoms with van der Waals surface area (Å²) in [5, 5.41) is 4.08. The number of carbonyl (C=O) groups excluding carboxylic acids is 1. The highest BCUT2D eigenvalue weighted by Gasteiger charge is 2.31. The predicted octanol–water partition coefficient (Wildman–Crippen LogP) is 1.03. The molecular formula is C18H24N4O3. The molecular weight excluding hydrogens is 320 g/mol. The number of amides is 1. The van der Waals surface area contributed by atoms with E-state index in [0.29, 0.717) is 18.2 Å². The first kappa shape index (κ1) is 16.5. The zero-order chi connectivity index (χ0) is 17.1. The molecule has 0 bridgehead atoms. The van der Waals surface area contributed by atoms with Crippen molar-refractivity contribution >= 4 is 16.9 Å². The average molecular weight is 344 g/mol. The van der Waals surface area contributed by atoms with Crippen molar-refractivity contribution in [2.75, 3.05) is 46.1 Å². The summed E-state index contributed by atoms with van der Waals surface area (Å²) in [5.41, 5.74) is 1.18. The normalized spacial score (nSPS) is 23.0. The molecule has 25 heavy (non-hydrogen) atoms. The molecule has 4 rings (SSSR count). The maximum atomic E-state index is 12.6. The topological polar surface area (TPSA) is 79.5 Å². The molecule has 0 aromatic carbocycles. The van der Waals surface area contributed by atoms with Crippen LogP contribution in [0.2, 0.25) is 0 Å². The fraction of sp³-hybridized carbons (Fsp3) is 0.556. The Kier molecular flexibility index (Phi) is 4.96. The van der Waals surface area contributed by atoms with E-state index in [-0.39, 0.29) is 11.9 Å². The Hall–Kier alpha value is -1.96. The van der Waals surface area contributed by atoms with Gasteiger partial charge < -0.3 is 19.8 Å². The van der Waals surface area contributed by atoms with E-state index in [1.54, 1.807) is 6.07 Å². The molecule has 2 aliphatic rings. The lowest BCUT2D eigenvalue weighted by atomic mass is 9.97. The summed E-state index contributed by atoms with van der Waals surface area (Å²) in [5.74, 6) is 0.325. The molecule has 0 aliphatic carbocycles. The number of fused-ring (bicyclic) bond motifs is 1. The predicted molar refractivity (Wildman–Crippen MR) is 93.5 cm³/mol. The van der Waals surface area contributed by atoms with Gasteiger partial charge in [-0.1, -0.05) is 0 Å². The second-order valence-corrected chi connectivity index (χ2v) is 6.66. The van der Waals surface area contributed by atoms with Crippen LogP contribution in [0.15, 0.2) is 24.4 Å². The maximum absolute atomic E-state index is 12.6. The van der Waals surface area contributed by atoms with Crippen LogP contribution in [0.1, 0.15) is 16.9 Å². The van der Waals surface area contributed by atoms with Crippen molar-refractivity contribution in [2.45, 2.75) is 12.5 Å². The van der Waals surface area contributed by atoms with Crippen LogP contribution >= 0.6 is 0 Å². The van der Waals surface area contributed by atoms with Crippen LogP contribution in [0, 0.1) is 5.92 Å².